The van der Waals surface area contributed by atoms with Gasteiger partial charge in [-0.2, -0.15) is 0 Å². The molecule has 1 fully saturated rings. The number of aryl methyl sites for hydroxylation is 1. The molecule has 0 radical (unpaired) electrons. The molecule has 1 unspecified atom stereocenters. The third-order valence-corrected chi connectivity index (χ3v) is 5.08. The Kier molecular flexibility index (Phi) is 4.06. The van der Waals surface area contributed by atoms with Crippen molar-refractivity contribution in [2.75, 3.05) is 11.4 Å². The molecule has 3 N–H and O–H groups in total. The van der Waals surface area contributed by atoms with Gasteiger partial charge in [-0.15, -0.1) is 11.3 Å². The maximum Gasteiger partial charge on any atom is 0.303 e. The van der Waals surface area contributed by atoms with Crippen LogP contribution in [-0.2, 0) is 26.0 Å². The lowest BCUT2D eigenvalue weighted by Gasteiger charge is -2.11. The fourth-order valence-corrected chi connectivity index (χ4v) is 3.47. The number of carboxylic acids is 1. The Balaban J connectivity index is 2.09. The third kappa shape index (κ3) is 3.32. The first kappa shape index (κ1) is 14.9. The zero-order valence-electron chi connectivity index (χ0n) is 10.4. The number of nitrogens with two attached hydrogens (primary N) is 1. The summed E-state index contributed by atoms with van der Waals surface area (Å²) in [7, 11) is -3.75. The number of anilines is 1. The summed E-state index contributed by atoms with van der Waals surface area (Å²) < 4.78 is 22.5. The molecule has 2 heterocycles. The standard InChI is InChI=1S/C10H13N3O5S2/c11-20(17,18)7-3-8(14)13(4-7)10-12-6(5-19-10)1-2-9(15)16/h5,7H,1-4H2,(H,15,16)(H2,11,17,18). The summed E-state index contributed by atoms with van der Waals surface area (Å²) in [5.74, 6) is -1.27. The fraction of sp³-hybridized carbons (Fsp3) is 0.500. The molecule has 1 aliphatic rings. The summed E-state index contributed by atoms with van der Waals surface area (Å²) in [6.45, 7) is -0.0104. The quantitative estimate of drug-likeness (QED) is 0.756. The number of nitrogens with zero attached hydrogens (tertiary/aromatic N) is 2. The van der Waals surface area contributed by atoms with Crippen LogP contribution in [0.15, 0.2) is 5.38 Å². The summed E-state index contributed by atoms with van der Waals surface area (Å²) in [4.78, 5) is 27.7. The van der Waals surface area contributed by atoms with Crippen molar-refractivity contribution in [3.05, 3.63) is 11.1 Å². The van der Waals surface area contributed by atoms with Gasteiger partial charge in [0, 0.05) is 24.8 Å². The van der Waals surface area contributed by atoms with Crippen LogP contribution in [0, 0.1) is 0 Å². The minimum absolute atomic E-state index is 0.0104. The average Bonchev–Trinajstić information content (AvgIpc) is 2.91. The first-order chi connectivity index (χ1) is 9.27. The Morgan fingerprint density at radius 1 is 1.60 bits per heavy atom. The molecule has 0 aliphatic carbocycles. The van der Waals surface area contributed by atoms with E-state index in [0.717, 1.165) is 0 Å². The Hall–Kier alpha value is -1.52. The molecule has 1 atom stereocenters. The second-order valence-corrected chi connectivity index (χ2v) is 7.12. The van der Waals surface area contributed by atoms with Crippen LogP contribution < -0.4 is 10.0 Å². The van der Waals surface area contributed by atoms with Crippen LogP contribution in [-0.4, -0.2) is 42.2 Å². The number of hydrogen-bond donors (Lipinski definition) is 2. The molecule has 1 amide bonds. The second-order valence-electron chi connectivity index (χ2n) is 4.43. The number of carboxylic acid groups (broad SMARTS) is 1. The predicted molar refractivity (Wildman–Crippen MR) is 71.9 cm³/mol. The van der Waals surface area contributed by atoms with Gasteiger partial charge in [-0.1, -0.05) is 0 Å². The van der Waals surface area contributed by atoms with Crippen molar-refractivity contribution in [1.29, 1.82) is 0 Å². The molecule has 110 valence electrons. The number of primary sulfonamides is 1. The highest BCUT2D eigenvalue weighted by Gasteiger charge is 2.38. The van der Waals surface area contributed by atoms with Gasteiger partial charge in [0.25, 0.3) is 0 Å². The molecule has 8 nitrogen and oxygen atoms in total. The predicted octanol–water partition coefficient (Wildman–Crippen LogP) is -0.446. The number of amides is 1. The lowest BCUT2D eigenvalue weighted by atomic mass is 10.2. The van der Waals surface area contributed by atoms with E-state index in [-0.39, 0.29) is 31.7 Å². The van der Waals surface area contributed by atoms with E-state index in [2.05, 4.69) is 4.98 Å². The minimum atomic E-state index is -3.75. The number of rotatable bonds is 5. The molecule has 0 aromatic carbocycles. The molecule has 0 saturated carbocycles. The SMILES string of the molecule is NS(=O)(=O)C1CC(=O)N(c2nc(CCC(=O)O)cs2)C1. The largest absolute Gasteiger partial charge is 0.481 e. The monoisotopic (exact) mass is 319 g/mol. The lowest BCUT2D eigenvalue weighted by Crippen LogP contribution is -2.32. The van der Waals surface area contributed by atoms with E-state index in [1.807, 2.05) is 0 Å². The van der Waals surface area contributed by atoms with Gasteiger partial charge < -0.3 is 5.11 Å². The van der Waals surface area contributed by atoms with E-state index in [0.29, 0.717) is 10.8 Å². The number of hydrogen-bond acceptors (Lipinski definition) is 6. The van der Waals surface area contributed by atoms with Crippen LogP contribution in [0.1, 0.15) is 18.5 Å². The van der Waals surface area contributed by atoms with Gasteiger partial charge in [-0.3, -0.25) is 14.5 Å². The Labute approximate surface area is 119 Å². The van der Waals surface area contributed by atoms with Gasteiger partial charge in [0.15, 0.2) is 5.13 Å². The maximum absolute atomic E-state index is 11.8. The van der Waals surface area contributed by atoms with Crippen LogP contribution in [0.3, 0.4) is 0 Å². The topological polar surface area (TPSA) is 131 Å². The van der Waals surface area contributed by atoms with E-state index in [4.69, 9.17) is 10.2 Å². The third-order valence-electron chi connectivity index (χ3n) is 2.92. The summed E-state index contributed by atoms with van der Waals surface area (Å²) in [5.41, 5.74) is 0.569. The zero-order valence-corrected chi connectivity index (χ0v) is 12.0. The smallest absolute Gasteiger partial charge is 0.303 e. The fourth-order valence-electron chi connectivity index (χ4n) is 1.85. The summed E-state index contributed by atoms with van der Waals surface area (Å²) in [5, 5.41) is 14.8. The molecule has 1 aromatic rings. The first-order valence-corrected chi connectivity index (χ1v) is 8.24. The Morgan fingerprint density at radius 2 is 2.30 bits per heavy atom. The van der Waals surface area contributed by atoms with Gasteiger partial charge in [0.05, 0.1) is 12.1 Å². The number of sulfonamides is 1. The summed E-state index contributed by atoms with van der Waals surface area (Å²) in [6, 6.07) is 0. The summed E-state index contributed by atoms with van der Waals surface area (Å²) >= 11 is 1.18. The van der Waals surface area contributed by atoms with Crippen molar-refractivity contribution < 1.29 is 23.1 Å². The van der Waals surface area contributed by atoms with Crippen LogP contribution in [0.5, 0.6) is 0 Å². The molecule has 0 bridgehead atoms. The highest BCUT2D eigenvalue weighted by atomic mass is 32.2. The van der Waals surface area contributed by atoms with Gasteiger partial charge >= 0.3 is 5.97 Å². The van der Waals surface area contributed by atoms with Crippen molar-refractivity contribution in [2.24, 2.45) is 5.14 Å². The lowest BCUT2D eigenvalue weighted by molar-refractivity contribution is -0.137. The average molecular weight is 319 g/mol. The number of thiazole rings is 1. The molecule has 20 heavy (non-hydrogen) atoms. The van der Waals surface area contributed by atoms with Crippen LogP contribution in [0.2, 0.25) is 0 Å². The second kappa shape index (κ2) is 5.46. The van der Waals surface area contributed by atoms with Gasteiger partial charge in [-0.25, -0.2) is 18.5 Å². The number of carbonyl (C=O) groups excluding carboxylic acids is 1. The molecule has 0 spiro atoms. The highest BCUT2D eigenvalue weighted by Crippen LogP contribution is 2.27. The molecule has 2 rings (SSSR count). The zero-order chi connectivity index (χ0) is 14.9. The van der Waals surface area contributed by atoms with Crippen molar-refractivity contribution in [3.63, 3.8) is 0 Å². The van der Waals surface area contributed by atoms with Gasteiger partial charge in [0.1, 0.15) is 5.25 Å². The highest BCUT2D eigenvalue weighted by molar-refractivity contribution is 7.89. The Bertz CT molecular complexity index is 639. The van der Waals surface area contributed by atoms with Crippen molar-refractivity contribution in [1.82, 2.24) is 4.98 Å². The van der Waals surface area contributed by atoms with Crippen LogP contribution >= 0.6 is 11.3 Å². The number of aromatic nitrogens is 1. The van der Waals surface area contributed by atoms with Gasteiger partial charge in [0.2, 0.25) is 15.9 Å². The molecule has 10 heteroatoms. The van der Waals surface area contributed by atoms with Crippen molar-refractivity contribution >= 4 is 38.4 Å². The maximum atomic E-state index is 11.8. The number of aliphatic carboxylic acids is 1. The van der Waals surface area contributed by atoms with Crippen molar-refractivity contribution in [2.45, 2.75) is 24.5 Å². The van der Waals surface area contributed by atoms with Crippen LogP contribution in [0.4, 0.5) is 5.13 Å². The molecule has 1 saturated heterocycles. The van der Waals surface area contributed by atoms with Crippen molar-refractivity contribution in [3.8, 4) is 0 Å². The van der Waals surface area contributed by atoms with Crippen LogP contribution in [0.25, 0.3) is 0 Å². The normalized spacial score (nSPS) is 19.6. The molecule has 1 aromatic heterocycles. The van der Waals surface area contributed by atoms with E-state index < -0.39 is 21.2 Å². The van der Waals surface area contributed by atoms with E-state index in [1.54, 1.807) is 5.38 Å². The Morgan fingerprint density at radius 3 is 2.85 bits per heavy atom. The van der Waals surface area contributed by atoms with E-state index in [1.165, 1.54) is 16.2 Å². The van der Waals surface area contributed by atoms with Gasteiger partial charge in [-0.05, 0) is 0 Å². The molecular formula is C10H13N3O5S2. The number of carbonyl (C=O) groups is 2. The van der Waals surface area contributed by atoms with E-state index in [9.17, 15) is 18.0 Å². The first-order valence-electron chi connectivity index (χ1n) is 5.75. The molecular weight excluding hydrogens is 306 g/mol. The minimum Gasteiger partial charge on any atom is -0.481 e. The van der Waals surface area contributed by atoms with E-state index >= 15 is 0 Å². The summed E-state index contributed by atoms with van der Waals surface area (Å²) in [6.07, 6.45) is 0.0757. The molecule has 1 aliphatic heterocycles.